The van der Waals surface area contributed by atoms with Crippen LogP contribution in [0.3, 0.4) is 0 Å². The maximum Gasteiger partial charge on any atom is 0.695 e. The van der Waals surface area contributed by atoms with Gasteiger partial charge in [0.2, 0.25) is 0 Å². The Balaban J connectivity index is 1.65. The minimum Gasteiger partial charge on any atom is -0.497 e. The number of benzene rings is 3. The van der Waals surface area contributed by atoms with Crippen molar-refractivity contribution in [1.82, 2.24) is 9.55 Å². The lowest BCUT2D eigenvalue weighted by Crippen LogP contribution is -2.50. The number of nitrogens with one attached hydrogen (secondary N) is 1. The highest BCUT2D eigenvalue weighted by molar-refractivity contribution is 7.32. The third-order valence-electron chi connectivity index (χ3n) is 9.50. The van der Waals surface area contributed by atoms with Gasteiger partial charge in [0, 0.05) is 16.8 Å². The summed E-state index contributed by atoms with van der Waals surface area (Å²) in [6.07, 6.45) is -3.00. The zero-order valence-corrected chi connectivity index (χ0v) is 31.1. The molecule has 14 heteroatoms. The highest BCUT2D eigenvalue weighted by atomic mass is 31.1. The quantitative estimate of drug-likeness (QED) is 0.0973. The number of hydrogen-bond acceptors (Lipinski definition) is 9. The van der Waals surface area contributed by atoms with Gasteiger partial charge in [-0.3, -0.25) is 14.3 Å². The van der Waals surface area contributed by atoms with E-state index in [1.54, 1.807) is 14.2 Å². The normalized spacial score (nSPS) is 20.0. The summed E-state index contributed by atoms with van der Waals surface area (Å²) in [4.78, 5) is 37.5. The molecule has 2 heterocycles. The fourth-order valence-corrected chi connectivity index (χ4v) is 7.60. The van der Waals surface area contributed by atoms with Crippen LogP contribution in [0.25, 0.3) is 0 Å². The first-order valence-electron chi connectivity index (χ1n) is 16.2. The van der Waals surface area contributed by atoms with Gasteiger partial charge in [-0.05, 0) is 59.1 Å². The van der Waals surface area contributed by atoms with E-state index in [-0.39, 0.29) is 11.6 Å². The van der Waals surface area contributed by atoms with Crippen molar-refractivity contribution >= 4 is 16.6 Å². The molecule has 1 unspecified atom stereocenters. The van der Waals surface area contributed by atoms with Crippen molar-refractivity contribution in [2.75, 3.05) is 20.8 Å². The van der Waals surface area contributed by atoms with Gasteiger partial charge < -0.3 is 23.4 Å². The summed E-state index contributed by atoms with van der Waals surface area (Å²) in [6, 6.07) is 25.9. The molecule has 50 heavy (non-hydrogen) atoms. The van der Waals surface area contributed by atoms with Crippen LogP contribution in [0.4, 0.5) is 0 Å². The standard InChI is InChI=1S/C36H43N2O10PSi/c1-35(2,3)50(6,7)48-32-31(47-49(41)42)29(46-33(32)38-22-21-30(39)37-34(38)40)23-45-36(24-11-9-8-10-12-24,25-13-17-27(43-4)18-14-25)26-15-19-28(44-5)20-16-26/h8-22,29,31-33H,23H2,1-7H3,(H-,37,39,40,41,42)/p+1/t29-,31-,32-,33-/m1/s1. The van der Waals surface area contributed by atoms with E-state index in [1.807, 2.05) is 92.0 Å². The molecule has 12 nitrogen and oxygen atoms in total. The highest BCUT2D eigenvalue weighted by Gasteiger charge is 2.55. The topological polar surface area (TPSA) is 148 Å². The minimum absolute atomic E-state index is 0.174. The molecule has 5 rings (SSSR count). The van der Waals surface area contributed by atoms with E-state index in [9.17, 15) is 19.0 Å². The largest absolute Gasteiger partial charge is 0.695 e. The second-order valence-corrected chi connectivity index (χ2v) is 19.0. The van der Waals surface area contributed by atoms with E-state index in [4.69, 9.17) is 27.9 Å². The van der Waals surface area contributed by atoms with Crippen LogP contribution in [0.15, 0.2) is 101 Å². The molecule has 1 aromatic heterocycles. The summed E-state index contributed by atoms with van der Waals surface area (Å²) in [5.74, 6) is 1.31. The van der Waals surface area contributed by atoms with Gasteiger partial charge in [-0.2, -0.15) is 0 Å². The Bertz CT molecular complexity index is 1830. The average Bonchev–Trinajstić information content (AvgIpc) is 3.40. The Morgan fingerprint density at radius 2 is 1.38 bits per heavy atom. The van der Waals surface area contributed by atoms with Crippen molar-refractivity contribution in [1.29, 1.82) is 0 Å². The van der Waals surface area contributed by atoms with E-state index in [0.717, 1.165) is 16.7 Å². The SMILES string of the molecule is COc1ccc(C(OC[C@H]2O[C@@H](n3ccc(=O)[nH]c3=O)[C@H](O[Si](C)(C)C(C)(C)C)[C@@H]2O[P+](=O)O)(c2ccccc2)c2ccc(OC)cc2)cc1. The van der Waals surface area contributed by atoms with Gasteiger partial charge in [0.15, 0.2) is 20.6 Å². The summed E-state index contributed by atoms with van der Waals surface area (Å²) in [5, 5.41) is -0.279. The van der Waals surface area contributed by atoms with E-state index in [2.05, 4.69) is 25.8 Å². The molecule has 0 spiro atoms. The van der Waals surface area contributed by atoms with Crippen LogP contribution in [0, 0.1) is 0 Å². The molecule has 1 fully saturated rings. The van der Waals surface area contributed by atoms with Crippen molar-refractivity contribution < 1.29 is 37.4 Å². The van der Waals surface area contributed by atoms with Crippen LogP contribution in [-0.2, 0) is 28.6 Å². The molecule has 0 aliphatic carbocycles. The Hall–Kier alpha value is -3.94. The van der Waals surface area contributed by atoms with Gasteiger partial charge in [-0.25, -0.2) is 4.79 Å². The second-order valence-electron chi connectivity index (χ2n) is 13.5. The number of rotatable bonds is 13. The Morgan fingerprint density at radius 1 is 0.840 bits per heavy atom. The van der Waals surface area contributed by atoms with Crippen LogP contribution < -0.4 is 20.7 Å². The van der Waals surface area contributed by atoms with Crippen LogP contribution in [0.1, 0.15) is 43.7 Å². The number of H-pyrrole nitrogens is 1. The fraction of sp³-hybridized carbons (Fsp3) is 0.389. The molecule has 1 aliphatic rings. The van der Waals surface area contributed by atoms with Gasteiger partial charge >= 0.3 is 13.9 Å². The van der Waals surface area contributed by atoms with Crippen molar-refractivity contribution in [3.63, 3.8) is 0 Å². The number of nitrogens with zero attached hydrogens (tertiary/aromatic N) is 1. The lowest BCUT2D eigenvalue weighted by Gasteiger charge is -2.40. The average molecular weight is 724 g/mol. The van der Waals surface area contributed by atoms with Crippen LogP contribution >= 0.6 is 8.25 Å². The van der Waals surface area contributed by atoms with Gasteiger partial charge in [0.25, 0.3) is 5.56 Å². The molecular formula is C36H44N2O10PSi+. The summed E-state index contributed by atoms with van der Waals surface area (Å²) >= 11 is 0. The third kappa shape index (κ3) is 7.69. The fourth-order valence-electron chi connectivity index (χ4n) is 5.85. The first-order valence-corrected chi connectivity index (χ1v) is 20.2. The van der Waals surface area contributed by atoms with E-state index in [1.165, 1.54) is 16.8 Å². The maximum absolute atomic E-state index is 13.1. The number of methoxy groups -OCH3 is 2. The number of aromatic amines is 1. The first kappa shape index (κ1) is 37.3. The van der Waals surface area contributed by atoms with Crippen LogP contribution in [-0.4, -0.2) is 61.9 Å². The smallest absolute Gasteiger partial charge is 0.497 e. The van der Waals surface area contributed by atoms with Gasteiger partial charge in [-0.1, -0.05) is 75.4 Å². The molecule has 1 saturated heterocycles. The van der Waals surface area contributed by atoms with Crippen molar-refractivity contribution in [2.45, 2.75) is 69.0 Å². The van der Waals surface area contributed by atoms with Crippen LogP contribution in [0.5, 0.6) is 11.5 Å². The molecular weight excluding hydrogens is 679 g/mol. The predicted molar refractivity (Wildman–Crippen MR) is 190 cm³/mol. The maximum atomic E-state index is 13.1. The Morgan fingerprint density at radius 3 is 1.86 bits per heavy atom. The molecule has 0 radical (unpaired) electrons. The summed E-state index contributed by atoms with van der Waals surface area (Å²) < 4.78 is 50.6. The summed E-state index contributed by atoms with van der Waals surface area (Å²) in [5.41, 5.74) is -0.222. The van der Waals surface area contributed by atoms with E-state index >= 15 is 0 Å². The van der Waals surface area contributed by atoms with Crippen molar-refractivity contribution in [2.24, 2.45) is 0 Å². The Kier molecular flexibility index (Phi) is 11.3. The molecule has 0 bridgehead atoms. The highest BCUT2D eigenvalue weighted by Crippen LogP contribution is 2.46. The zero-order chi connectivity index (χ0) is 36.3. The molecule has 1 aliphatic heterocycles. The molecule has 266 valence electrons. The molecule has 4 aromatic rings. The van der Waals surface area contributed by atoms with Crippen molar-refractivity contribution in [3.8, 4) is 11.5 Å². The van der Waals surface area contributed by atoms with E-state index in [0.29, 0.717) is 11.5 Å². The van der Waals surface area contributed by atoms with Gasteiger partial charge in [0.1, 0.15) is 29.3 Å². The van der Waals surface area contributed by atoms with Crippen LogP contribution in [0.2, 0.25) is 18.1 Å². The lowest BCUT2D eigenvalue weighted by atomic mass is 9.80. The molecule has 5 atom stereocenters. The second kappa shape index (κ2) is 15.1. The Labute approximate surface area is 293 Å². The summed E-state index contributed by atoms with van der Waals surface area (Å²) in [7, 11) is -2.57. The molecule has 2 N–H and O–H groups in total. The number of aromatic nitrogens is 2. The molecule has 0 amide bonds. The predicted octanol–water partition coefficient (Wildman–Crippen LogP) is 5.89. The monoisotopic (exact) mass is 723 g/mol. The lowest BCUT2D eigenvalue weighted by molar-refractivity contribution is -0.0937. The molecule has 0 saturated carbocycles. The van der Waals surface area contributed by atoms with Gasteiger partial charge in [-0.15, -0.1) is 9.42 Å². The first-order chi connectivity index (χ1) is 23.7. The third-order valence-corrected chi connectivity index (χ3v) is 14.4. The number of hydrogen-bond donors (Lipinski definition) is 2. The minimum atomic E-state index is -3.14. The van der Waals surface area contributed by atoms with E-state index < -0.39 is 58.0 Å². The summed E-state index contributed by atoms with van der Waals surface area (Å²) in [6.45, 7) is 10.0. The van der Waals surface area contributed by atoms with Gasteiger partial charge in [0.05, 0.1) is 20.8 Å². The molecule has 3 aromatic carbocycles. The zero-order valence-electron chi connectivity index (χ0n) is 29.2. The number of ether oxygens (including phenoxy) is 4. The van der Waals surface area contributed by atoms with Crippen molar-refractivity contribution in [3.05, 3.63) is 129 Å².